The topological polar surface area (TPSA) is 40.6 Å². The molecule has 0 aromatic heterocycles. The lowest BCUT2D eigenvalue weighted by atomic mass is 9.88. The van der Waals surface area contributed by atoms with Gasteiger partial charge in [-0.05, 0) is 23.8 Å². The van der Waals surface area contributed by atoms with Crippen LogP contribution in [0.25, 0.3) is 0 Å². The summed E-state index contributed by atoms with van der Waals surface area (Å²) in [5.41, 5.74) is 1.14. The van der Waals surface area contributed by atoms with Gasteiger partial charge in [0.25, 0.3) is 0 Å². The molecule has 3 rings (SSSR count). The Morgan fingerprint density at radius 2 is 1.64 bits per heavy atom. The molecule has 1 aromatic rings. The fourth-order valence-electron chi connectivity index (χ4n) is 4.03. The van der Waals surface area contributed by atoms with E-state index in [1.165, 1.54) is 5.56 Å². The van der Waals surface area contributed by atoms with Crippen LogP contribution in [-0.2, 0) is 9.59 Å². The van der Waals surface area contributed by atoms with Crippen molar-refractivity contribution in [2.45, 2.75) is 46.0 Å². The summed E-state index contributed by atoms with van der Waals surface area (Å²) < 4.78 is 0. The van der Waals surface area contributed by atoms with Crippen LogP contribution in [0.15, 0.2) is 30.3 Å². The Morgan fingerprint density at radius 3 is 2.24 bits per heavy atom. The SMILES string of the molecule is CC(C)(C)CC(=O)N1C[C@@H](C(=O)N2CCCC2)[C@H](c2ccccc2)C1. The van der Waals surface area contributed by atoms with Crippen LogP contribution < -0.4 is 0 Å². The number of hydrogen-bond acceptors (Lipinski definition) is 2. The summed E-state index contributed by atoms with van der Waals surface area (Å²) in [4.78, 5) is 29.7. The first-order valence-electron chi connectivity index (χ1n) is 9.47. The average molecular weight is 342 g/mol. The van der Waals surface area contributed by atoms with Gasteiger partial charge in [0.1, 0.15) is 0 Å². The number of likely N-dealkylation sites (tertiary alicyclic amines) is 2. The molecule has 2 aliphatic heterocycles. The minimum absolute atomic E-state index is 0.0314. The monoisotopic (exact) mass is 342 g/mol. The van der Waals surface area contributed by atoms with Gasteiger partial charge in [-0.1, -0.05) is 51.1 Å². The van der Waals surface area contributed by atoms with E-state index in [0.29, 0.717) is 19.5 Å². The first-order chi connectivity index (χ1) is 11.8. The minimum atomic E-state index is -0.107. The molecule has 1 aromatic carbocycles. The van der Waals surface area contributed by atoms with Gasteiger partial charge >= 0.3 is 0 Å². The number of amides is 2. The average Bonchev–Trinajstić information content (AvgIpc) is 3.23. The van der Waals surface area contributed by atoms with Gasteiger partial charge in [0.2, 0.25) is 11.8 Å². The second kappa shape index (κ2) is 7.19. The molecule has 25 heavy (non-hydrogen) atoms. The molecule has 2 heterocycles. The standard InChI is InChI=1S/C21H30N2O2/c1-21(2,3)13-19(24)23-14-17(16-9-5-4-6-10-16)18(15-23)20(25)22-11-7-8-12-22/h4-6,9-10,17-18H,7-8,11-15H2,1-3H3/t17-,18+/m0/s1. The molecule has 0 N–H and O–H groups in total. The number of hydrogen-bond donors (Lipinski definition) is 0. The van der Waals surface area contributed by atoms with Crippen LogP contribution in [0.1, 0.15) is 51.5 Å². The zero-order chi connectivity index (χ0) is 18.0. The number of nitrogens with zero attached hydrogens (tertiary/aromatic N) is 2. The highest BCUT2D eigenvalue weighted by Gasteiger charge is 2.42. The van der Waals surface area contributed by atoms with E-state index in [1.54, 1.807) is 0 Å². The predicted molar refractivity (Wildman–Crippen MR) is 99.1 cm³/mol. The summed E-state index contributed by atoms with van der Waals surface area (Å²) in [6.45, 7) is 9.21. The van der Waals surface area contributed by atoms with Gasteiger partial charge in [0.05, 0.1) is 5.92 Å². The third-order valence-corrected chi connectivity index (χ3v) is 5.32. The van der Waals surface area contributed by atoms with Crippen molar-refractivity contribution in [3.63, 3.8) is 0 Å². The molecule has 2 fully saturated rings. The zero-order valence-electron chi connectivity index (χ0n) is 15.7. The first-order valence-corrected chi connectivity index (χ1v) is 9.47. The fraction of sp³-hybridized carbons (Fsp3) is 0.619. The summed E-state index contributed by atoms with van der Waals surface area (Å²) in [6, 6.07) is 10.2. The van der Waals surface area contributed by atoms with E-state index in [4.69, 9.17) is 0 Å². The molecule has 0 aliphatic carbocycles. The summed E-state index contributed by atoms with van der Waals surface area (Å²) in [7, 11) is 0. The van der Waals surface area contributed by atoms with Gasteiger partial charge in [0.15, 0.2) is 0 Å². The summed E-state index contributed by atoms with van der Waals surface area (Å²) in [5, 5.41) is 0. The molecule has 0 spiro atoms. The Labute approximate surface area is 151 Å². The lowest BCUT2D eigenvalue weighted by Gasteiger charge is -2.24. The predicted octanol–water partition coefficient (Wildman–Crippen LogP) is 3.29. The molecular weight excluding hydrogens is 312 g/mol. The molecule has 0 bridgehead atoms. The maximum Gasteiger partial charge on any atom is 0.228 e. The maximum atomic E-state index is 13.1. The molecule has 0 unspecified atom stereocenters. The van der Waals surface area contributed by atoms with Gasteiger partial charge in [0, 0.05) is 38.5 Å². The van der Waals surface area contributed by atoms with Gasteiger partial charge < -0.3 is 9.80 Å². The van der Waals surface area contributed by atoms with Crippen molar-refractivity contribution in [3.05, 3.63) is 35.9 Å². The number of benzene rings is 1. The molecule has 4 nitrogen and oxygen atoms in total. The number of carbonyl (C=O) groups excluding carboxylic acids is 2. The van der Waals surface area contributed by atoms with Gasteiger partial charge in [-0.3, -0.25) is 9.59 Å². The van der Waals surface area contributed by atoms with E-state index in [0.717, 1.165) is 25.9 Å². The lowest BCUT2D eigenvalue weighted by Crippen LogP contribution is -2.38. The molecule has 2 atom stereocenters. The summed E-state index contributed by atoms with van der Waals surface area (Å²) in [5.74, 6) is 0.408. The van der Waals surface area contributed by atoms with Gasteiger partial charge in [-0.25, -0.2) is 0 Å². The second-order valence-corrected chi connectivity index (χ2v) is 8.69. The van der Waals surface area contributed by atoms with Crippen LogP contribution in [0.2, 0.25) is 0 Å². The Bertz CT molecular complexity index is 615. The van der Waals surface area contributed by atoms with Gasteiger partial charge in [-0.2, -0.15) is 0 Å². The van der Waals surface area contributed by atoms with Crippen molar-refractivity contribution >= 4 is 11.8 Å². The number of rotatable bonds is 3. The quantitative estimate of drug-likeness (QED) is 0.846. The van der Waals surface area contributed by atoms with Crippen molar-refractivity contribution in [1.82, 2.24) is 9.80 Å². The summed E-state index contributed by atoms with van der Waals surface area (Å²) >= 11 is 0. The molecule has 0 radical (unpaired) electrons. The van der Waals surface area contributed by atoms with Crippen LogP contribution in [0.5, 0.6) is 0 Å². The van der Waals surface area contributed by atoms with Gasteiger partial charge in [-0.15, -0.1) is 0 Å². The largest absolute Gasteiger partial charge is 0.342 e. The Balaban J connectivity index is 1.80. The Hall–Kier alpha value is -1.84. The number of carbonyl (C=O) groups is 2. The van der Waals surface area contributed by atoms with E-state index in [-0.39, 0.29) is 29.1 Å². The highest BCUT2D eigenvalue weighted by Crippen LogP contribution is 2.35. The second-order valence-electron chi connectivity index (χ2n) is 8.69. The van der Waals surface area contributed by atoms with Crippen molar-refractivity contribution < 1.29 is 9.59 Å². The minimum Gasteiger partial charge on any atom is -0.342 e. The molecule has 136 valence electrons. The third-order valence-electron chi connectivity index (χ3n) is 5.32. The van der Waals surface area contributed by atoms with Crippen molar-refractivity contribution in [2.24, 2.45) is 11.3 Å². The zero-order valence-corrected chi connectivity index (χ0v) is 15.7. The van der Waals surface area contributed by atoms with E-state index >= 15 is 0 Å². The van der Waals surface area contributed by atoms with Crippen LogP contribution in [0.4, 0.5) is 0 Å². The first kappa shape index (κ1) is 18.0. The van der Waals surface area contributed by atoms with Crippen LogP contribution in [0, 0.1) is 11.3 Å². The van der Waals surface area contributed by atoms with Crippen molar-refractivity contribution in [2.75, 3.05) is 26.2 Å². The van der Waals surface area contributed by atoms with E-state index in [2.05, 4.69) is 32.9 Å². The molecule has 2 saturated heterocycles. The van der Waals surface area contributed by atoms with Crippen LogP contribution >= 0.6 is 0 Å². The molecular formula is C21H30N2O2. The molecule has 2 amide bonds. The van der Waals surface area contributed by atoms with E-state index < -0.39 is 0 Å². The van der Waals surface area contributed by atoms with Crippen molar-refractivity contribution in [1.29, 1.82) is 0 Å². The summed E-state index contributed by atoms with van der Waals surface area (Å²) in [6.07, 6.45) is 2.72. The fourth-order valence-corrected chi connectivity index (χ4v) is 4.03. The molecule has 4 heteroatoms. The normalized spacial score (nSPS) is 24.0. The van der Waals surface area contributed by atoms with Crippen LogP contribution in [-0.4, -0.2) is 47.8 Å². The highest BCUT2D eigenvalue weighted by atomic mass is 16.2. The van der Waals surface area contributed by atoms with E-state index in [9.17, 15) is 9.59 Å². The lowest BCUT2D eigenvalue weighted by molar-refractivity contribution is -0.135. The molecule has 0 saturated carbocycles. The smallest absolute Gasteiger partial charge is 0.228 e. The maximum absolute atomic E-state index is 13.1. The van der Waals surface area contributed by atoms with Crippen molar-refractivity contribution in [3.8, 4) is 0 Å². The van der Waals surface area contributed by atoms with E-state index in [1.807, 2.05) is 28.0 Å². The Kier molecular flexibility index (Phi) is 5.16. The Morgan fingerprint density at radius 1 is 1.00 bits per heavy atom. The third kappa shape index (κ3) is 4.23. The molecule has 2 aliphatic rings. The van der Waals surface area contributed by atoms with Crippen LogP contribution in [0.3, 0.4) is 0 Å². The highest BCUT2D eigenvalue weighted by molar-refractivity contribution is 5.83.